The molecule has 0 spiro atoms. The Morgan fingerprint density at radius 3 is 2.62 bits per heavy atom. The second-order valence-corrected chi connectivity index (χ2v) is 8.05. The van der Waals surface area contributed by atoms with Crippen molar-refractivity contribution in [3.63, 3.8) is 0 Å². The van der Waals surface area contributed by atoms with Gasteiger partial charge < -0.3 is 5.32 Å². The zero-order valence-electron chi connectivity index (χ0n) is 17.5. The number of hydrogen-bond donors (Lipinski definition) is 1. The van der Waals surface area contributed by atoms with Crippen LogP contribution in [0.1, 0.15) is 49.4 Å². The minimum atomic E-state index is 0.0127. The summed E-state index contributed by atoms with van der Waals surface area (Å²) in [6, 6.07) is 15.3. The highest BCUT2D eigenvalue weighted by atomic mass is 15.0. The number of aliphatic imine (C=N–C) groups is 1. The van der Waals surface area contributed by atoms with Gasteiger partial charge in [-0.2, -0.15) is 0 Å². The highest BCUT2D eigenvalue weighted by molar-refractivity contribution is 6.17. The molecule has 1 N–H and O–H groups in total. The van der Waals surface area contributed by atoms with Crippen molar-refractivity contribution in [2.24, 2.45) is 4.99 Å². The second kappa shape index (κ2) is 7.71. The van der Waals surface area contributed by atoms with Gasteiger partial charge in [-0.3, -0.25) is 4.99 Å². The van der Waals surface area contributed by atoms with E-state index in [1.54, 1.807) is 6.08 Å². The van der Waals surface area contributed by atoms with Crippen molar-refractivity contribution in [3.05, 3.63) is 107 Å². The predicted octanol–water partition coefficient (Wildman–Crippen LogP) is 6.66. The summed E-state index contributed by atoms with van der Waals surface area (Å²) in [5.74, 6) is 0. The van der Waals surface area contributed by atoms with Crippen LogP contribution in [0.15, 0.2) is 90.0 Å². The first-order chi connectivity index (χ1) is 14.1. The minimum Gasteiger partial charge on any atom is -0.366 e. The lowest BCUT2D eigenvalue weighted by atomic mass is 9.80. The molecule has 5 rings (SSSR count). The van der Waals surface area contributed by atoms with Crippen LogP contribution in [-0.4, -0.2) is 12.4 Å². The Kier molecular flexibility index (Phi) is 5.10. The van der Waals surface area contributed by atoms with E-state index in [1.807, 2.05) is 6.92 Å². The van der Waals surface area contributed by atoms with Crippen LogP contribution in [0.25, 0.3) is 5.57 Å². The van der Waals surface area contributed by atoms with Crippen LogP contribution in [0.2, 0.25) is 0 Å². The van der Waals surface area contributed by atoms with Crippen molar-refractivity contribution in [1.82, 2.24) is 0 Å². The molecule has 2 aliphatic carbocycles. The summed E-state index contributed by atoms with van der Waals surface area (Å²) in [6.07, 6.45) is 11.9. The Morgan fingerprint density at radius 1 is 1.03 bits per heavy atom. The first-order valence-electron chi connectivity index (χ1n) is 10.3. The summed E-state index contributed by atoms with van der Waals surface area (Å²) in [6.45, 7) is 10.5. The Labute approximate surface area is 174 Å². The van der Waals surface area contributed by atoms with Gasteiger partial charge in [0.15, 0.2) is 0 Å². The number of rotatable bonds is 1. The van der Waals surface area contributed by atoms with Gasteiger partial charge in [0.1, 0.15) is 6.67 Å². The molecule has 2 heteroatoms. The highest BCUT2D eigenvalue weighted by Gasteiger charge is 2.36. The molecule has 1 heterocycles. The molecule has 3 aliphatic rings. The molecule has 0 saturated carbocycles. The topological polar surface area (TPSA) is 24.4 Å². The molecule has 0 bridgehead atoms. The Hall–Kier alpha value is -3.13. The fourth-order valence-electron chi connectivity index (χ4n) is 4.38. The van der Waals surface area contributed by atoms with Crippen molar-refractivity contribution >= 4 is 17.0 Å². The predicted molar refractivity (Wildman–Crippen MR) is 126 cm³/mol. The molecule has 146 valence electrons. The van der Waals surface area contributed by atoms with E-state index in [-0.39, 0.29) is 5.41 Å². The molecule has 0 aromatic heterocycles. The monoisotopic (exact) mass is 380 g/mol. The molecular formula is C27H28N2. The van der Waals surface area contributed by atoms with Gasteiger partial charge >= 0.3 is 0 Å². The minimum absolute atomic E-state index is 0.0127. The Morgan fingerprint density at radius 2 is 1.79 bits per heavy atom. The highest BCUT2D eigenvalue weighted by Crippen LogP contribution is 2.48. The molecule has 29 heavy (non-hydrogen) atoms. The van der Waals surface area contributed by atoms with Crippen molar-refractivity contribution in [2.75, 3.05) is 12.0 Å². The zero-order chi connectivity index (χ0) is 20.4. The number of fused-ring (bicyclic) bond motifs is 3. The van der Waals surface area contributed by atoms with Gasteiger partial charge in [0.25, 0.3) is 0 Å². The number of para-hydroxylation sites is 1. The van der Waals surface area contributed by atoms with Crippen molar-refractivity contribution in [1.29, 1.82) is 0 Å². The number of allylic oxidation sites excluding steroid dienone is 7. The summed E-state index contributed by atoms with van der Waals surface area (Å²) in [5.41, 5.74) is 10.2. The van der Waals surface area contributed by atoms with Crippen LogP contribution in [0.4, 0.5) is 5.69 Å². The maximum Gasteiger partial charge on any atom is 0.108 e. The van der Waals surface area contributed by atoms with E-state index in [2.05, 4.69) is 92.5 Å². The largest absolute Gasteiger partial charge is 0.366 e. The van der Waals surface area contributed by atoms with Crippen molar-refractivity contribution < 1.29 is 0 Å². The molecule has 1 aliphatic heterocycles. The number of benzene rings is 2. The van der Waals surface area contributed by atoms with Crippen LogP contribution in [-0.2, 0) is 5.41 Å². The molecule has 0 amide bonds. The number of nitrogens with zero attached hydrogens (tertiary/aromatic N) is 1. The molecule has 0 radical (unpaired) electrons. The van der Waals surface area contributed by atoms with Gasteiger partial charge in [0, 0.05) is 22.2 Å². The number of anilines is 1. The quantitative estimate of drug-likeness (QED) is 0.550. The smallest absolute Gasteiger partial charge is 0.108 e. The first kappa shape index (κ1) is 19.2. The third-order valence-electron chi connectivity index (χ3n) is 5.75. The molecule has 2 nitrogen and oxygen atoms in total. The second-order valence-electron chi connectivity index (χ2n) is 8.05. The van der Waals surface area contributed by atoms with Crippen molar-refractivity contribution in [2.45, 2.75) is 32.6 Å². The lowest BCUT2D eigenvalue weighted by Gasteiger charge is -2.24. The number of nitrogens with one attached hydrogen (secondary N) is 1. The van der Waals surface area contributed by atoms with Crippen LogP contribution >= 0.6 is 0 Å². The van der Waals surface area contributed by atoms with Gasteiger partial charge in [-0.05, 0) is 47.8 Å². The molecule has 2 aromatic rings. The summed E-state index contributed by atoms with van der Waals surface area (Å²) in [5, 5.41) is 3.36. The van der Waals surface area contributed by atoms with Gasteiger partial charge in [-0.1, -0.05) is 74.6 Å². The lowest BCUT2D eigenvalue weighted by Crippen LogP contribution is -2.19. The fourth-order valence-corrected chi connectivity index (χ4v) is 4.38. The van der Waals surface area contributed by atoms with Crippen LogP contribution in [0, 0.1) is 0 Å². The van der Waals surface area contributed by atoms with Crippen LogP contribution < -0.4 is 5.32 Å². The van der Waals surface area contributed by atoms with E-state index in [1.165, 1.54) is 33.4 Å². The molecule has 0 saturated heterocycles. The van der Waals surface area contributed by atoms with Crippen LogP contribution in [0.5, 0.6) is 0 Å². The molecule has 0 atom stereocenters. The average molecular weight is 381 g/mol. The van der Waals surface area contributed by atoms with E-state index in [9.17, 15) is 0 Å². The third-order valence-corrected chi connectivity index (χ3v) is 5.75. The standard InChI is InChI=1S/C24H22N2.C3H6/c1-24(2)20-10-5-3-4-8-17(20)18-13-12-16(14-21(18)24)23-19-9-6-7-11-22(19)25-15-26-23;1-3-2/h4-14,25H,3,15H2,1-2H3;3H,1H2,2H3. The Balaban J connectivity index is 0.000000645. The summed E-state index contributed by atoms with van der Waals surface area (Å²) < 4.78 is 0. The molecular weight excluding hydrogens is 352 g/mol. The third kappa shape index (κ3) is 3.29. The zero-order valence-corrected chi connectivity index (χ0v) is 17.5. The molecule has 2 aromatic carbocycles. The van der Waals surface area contributed by atoms with E-state index >= 15 is 0 Å². The summed E-state index contributed by atoms with van der Waals surface area (Å²) in [7, 11) is 0. The van der Waals surface area contributed by atoms with Gasteiger partial charge in [-0.15, -0.1) is 6.58 Å². The fraction of sp³-hybridized carbons (Fsp3) is 0.222. The van der Waals surface area contributed by atoms with Gasteiger partial charge in [-0.25, -0.2) is 0 Å². The SMILES string of the molecule is C=CC.CC1(C)C2=C(C=CCC=C2)c2ccc(C3=NCNc4ccccc43)cc21. The summed E-state index contributed by atoms with van der Waals surface area (Å²) in [4.78, 5) is 4.78. The Bertz CT molecular complexity index is 1080. The van der Waals surface area contributed by atoms with E-state index < -0.39 is 0 Å². The van der Waals surface area contributed by atoms with E-state index in [0.717, 1.165) is 17.8 Å². The average Bonchev–Trinajstić information content (AvgIpc) is 2.90. The van der Waals surface area contributed by atoms with Crippen molar-refractivity contribution in [3.8, 4) is 0 Å². The molecule has 0 unspecified atom stereocenters. The van der Waals surface area contributed by atoms with Crippen LogP contribution in [0.3, 0.4) is 0 Å². The normalized spacial score (nSPS) is 17.7. The maximum absolute atomic E-state index is 4.78. The molecule has 0 fully saturated rings. The number of hydrogen-bond acceptors (Lipinski definition) is 2. The summed E-state index contributed by atoms with van der Waals surface area (Å²) >= 11 is 0. The van der Waals surface area contributed by atoms with Gasteiger partial charge in [0.2, 0.25) is 0 Å². The van der Waals surface area contributed by atoms with E-state index in [4.69, 9.17) is 4.99 Å². The maximum atomic E-state index is 4.78. The van der Waals surface area contributed by atoms with Gasteiger partial charge in [0.05, 0.1) is 5.71 Å². The first-order valence-corrected chi connectivity index (χ1v) is 10.3. The van der Waals surface area contributed by atoms with E-state index in [0.29, 0.717) is 6.67 Å². The lowest BCUT2D eigenvalue weighted by molar-refractivity contribution is 0.654.